The second-order valence-electron chi connectivity index (χ2n) is 4.87. The number of benzene rings is 2. The summed E-state index contributed by atoms with van der Waals surface area (Å²) in [5, 5.41) is 3.16. The Labute approximate surface area is 126 Å². The van der Waals surface area contributed by atoms with Crippen LogP contribution in [0.1, 0.15) is 18.5 Å². The average molecular weight is 331 g/mol. The Balaban J connectivity index is 2.05. The molecule has 1 aliphatic heterocycles. The summed E-state index contributed by atoms with van der Waals surface area (Å²) < 4.78 is 0.970. The lowest BCUT2D eigenvalue weighted by molar-refractivity contribution is -0.117. The van der Waals surface area contributed by atoms with Crippen LogP contribution in [0.2, 0.25) is 0 Å². The minimum atomic E-state index is 0.0128. The van der Waals surface area contributed by atoms with Gasteiger partial charge in [-0.3, -0.25) is 4.79 Å². The SMILES string of the molecule is CC(c1ccccc1)N1C(=O)CNc2ccc(Br)cc21. The molecule has 0 aliphatic carbocycles. The second kappa shape index (κ2) is 5.29. The predicted octanol–water partition coefficient (Wildman–Crippen LogP) is 3.97. The first kappa shape index (κ1) is 13.2. The van der Waals surface area contributed by atoms with Crippen molar-refractivity contribution in [1.29, 1.82) is 0 Å². The third kappa shape index (κ3) is 2.31. The first-order valence-corrected chi connectivity index (χ1v) is 7.36. The molecule has 2 aromatic carbocycles. The van der Waals surface area contributed by atoms with Crippen molar-refractivity contribution in [3.63, 3.8) is 0 Å². The van der Waals surface area contributed by atoms with Gasteiger partial charge < -0.3 is 10.2 Å². The molecule has 1 amide bonds. The number of nitrogens with zero attached hydrogens (tertiary/aromatic N) is 1. The lowest BCUT2D eigenvalue weighted by Crippen LogP contribution is -2.41. The summed E-state index contributed by atoms with van der Waals surface area (Å²) in [5.74, 6) is 0.0898. The van der Waals surface area contributed by atoms with Crippen LogP contribution in [-0.2, 0) is 4.79 Å². The lowest BCUT2D eigenvalue weighted by Gasteiger charge is -2.35. The molecular formula is C16H15BrN2O. The summed E-state index contributed by atoms with van der Waals surface area (Å²) in [5.41, 5.74) is 3.05. The van der Waals surface area contributed by atoms with E-state index in [1.165, 1.54) is 0 Å². The highest BCUT2D eigenvalue weighted by Gasteiger charge is 2.28. The number of hydrogen-bond donors (Lipinski definition) is 1. The number of fused-ring (bicyclic) bond motifs is 1. The molecule has 0 saturated carbocycles. The summed E-state index contributed by atoms with van der Waals surface area (Å²) in [6.07, 6.45) is 0. The highest BCUT2D eigenvalue weighted by atomic mass is 79.9. The van der Waals surface area contributed by atoms with Crippen molar-refractivity contribution in [3.8, 4) is 0 Å². The molecule has 3 rings (SSSR count). The largest absolute Gasteiger partial charge is 0.374 e. The standard InChI is InChI=1S/C16H15BrN2O/c1-11(12-5-3-2-4-6-12)19-15-9-13(17)7-8-14(15)18-10-16(19)20/h2-9,11,18H,10H2,1H3. The Hall–Kier alpha value is -1.81. The van der Waals surface area contributed by atoms with Gasteiger partial charge in [0.15, 0.2) is 0 Å². The minimum absolute atomic E-state index is 0.0128. The van der Waals surface area contributed by atoms with Crippen molar-refractivity contribution >= 4 is 33.2 Å². The fourth-order valence-corrected chi connectivity index (χ4v) is 2.90. The van der Waals surface area contributed by atoms with E-state index >= 15 is 0 Å². The van der Waals surface area contributed by atoms with Crippen LogP contribution in [0.25, 0.3) is 0 Å². The first-order chi connectivity index (χ1) is 9.66. The molecule has 1 heterocycles. The summed E-state index contributed by atoms with van der Waals surface area (Å²) in [6.45, 7) is 2.40. The van der Waals surface area contributed by atoms with Crippen molar-refractivity contribution in [1.82, 2.24) is 0 Å². The number of halogens is 1. The molecule has 0 spiro atoms. The Morgan fingerprint density at radius 2 is 1.95 bits per heavy atom. The van der Waals surface area contributed by atoms with E-state index in [0.29, 0.717) is 6.54 Å². The number of hydrogen-bond acceptors (Lipinski definition) is 2. The van der Waals surface area contributed by atoms with Crippen LogP contribution in [-0.4, -0.2) is 12.5 Å². The maximum atomic E-state index is 12.3. The number of amides is 1. The molecule has 1 atom stereocenters. The van der Waals surface area contributed by atoms with Crippen molar-refractivity contribution < 1.29 is 4.79 Å². The number of carbonyl (C=O) groups is 1. The van der Waals surface area contributed by atoms with Gasteiger partial charge in [0.1, 0.15) is 0 Å². The maximum absolute atomic E-state index is 12.3. The summed E-state index contributed by atoms with van der Waals surface area (Å²) in [7, 11) is 0. The lowest BCUT2D eigenvalue weighted by atomic mass is 10.0. The highest BCUT2D eigenvalue weighted by molar-refractivity contribution is 9.10. The molecule has 20 heavy (non-hydrogen) atoms. The fraction of sp³-hybridized carbons (Fsp3) is 0.188. The smallest absolute Gasteiger partial charge is 0.246 e. The Bertz CT molecular complexity index is 642. The molecule has 1 N–H and O–H groups in total. The van der Waals surface area contributed by atoms with Gasteiger partial charge in [0.2, 0.25) is 5.91 Å². The van der Waals surface area contributed by atoms with Gasteiger partial charge in [0, 0.05) is 4.47 Å². The zero-order valence-corrected chi connectivity index (χ0v) is 12.7. The molecule has 3 nitrogen and oxygen atoms in total. The molecular weight excluding hydrogens is 316 g/mol. The normalized spacial score (nSPS) is 15.5. The molecule has 0 fully saturated rings. The van der Waals surface area contributed by atoms with E-state index in [-0.39, 0.29) is 11.9 Å². The predicted molar refractivity (Wildman–Crippen MR) is 85.0 cm³/mol. The number of nitrogens with one attached hydrogen (secondary N) is 1. The maximum Gasteiger partial charge on any atom is 0.246 e. The zero-order chi connectivity index (χ0) is 14.1. The van der Waals surface area contributed by atoms with Gasteiger partial charge in [-0.25, -0.2) is 0 Å². The summed E-state index contributed by atoms with van der Waals surface area (Å²) in [6, 6.07) is 16.1. The van der Waals surface area contributed by atoms with E-state index in [4.69, 9.17) is 0 Å². The molecule has 102 valence electrons. The highest BCUT2D eigenvalue weighted by Crippen LogP contribution is 2.37. The number of anilines is 2. The summed E-state index contributed by atoms with van der Waals surface area (Å²) in [4.78, 5) is 14.2. The van der Waals surface area contributed by atoms with E-state index in [1.807, 2.05) is 41.3 Å². The van der Waals surface area contributed by atoms with Crippen molar-refractivity contribution in [2.24, 2.45) is 0 Å². The molecule has 0 bridgehead atoms. The van der Waals surface area contributed by atoms with E-state index in [9.17, 15) is 4.79 Å². The van der Waals surface area contributed by atoms with Crippen LogP contribution in [0.3, 0.4) is 0 Å². The van der Waals surface area contributed by atoms with E-state index in [2.05, 4.69) is 40.3 Å². The average Bonchev–Trinajstić information content (AvgIpc) is 2.47. The Kier molecular flexibility index (Phi) is 3.49. The van der Waals surface area contributed by atoms with Gasteiger partial charge in [-0.2, -0.15) is 0 Å². The minimum Gasteiger partial charge on any atom is -0.374 e. The van der Waals surface area contributed by atoms with Gasteiger partial charge in [-0.1, -0.05) is 46.3 Å². The van der Waals surface area contributed by atoms with Crippen molar-refractivity contribution in [3.05, 3.63) is 58.6 Å². The van der Waals surface area contributed by atoms with E-state index < -0.39 is 0 Å². The number of rotatable bonds is 2. The Morgan fingerprint density at radius 3 is 2.70 bits per heavy atom. The van der Waals surface area contributed by atoms with Crippen LogP contribution in [0.5, 0.6) is 0 Å². The van der Waals surface area contributed by atoms with Gasteiger partial charge in [0.05, 0.1) is 24.0 Å². The molecule has 1 unspecified atom stereocenters. The van der Waals surface area contributed by atoms with Crippen molar-refractivity contribution in [2.75, 3.05) is 16.8 Å². The van der Waals surface area contributed by atoms with Gasteiger partial charge >= 0.3 is 0 Å². The van der Waals surface area contributed by atoms with E-state index in [0.717, 1.165) is 21.4 Å². The van der Waals surface area contributed by atoms with Crippen LogP contribution in [0.15, 0.2) is 53.0 Å². The molecule has 0 saturated heterocycles. The van der Waals surface area contributed by atoms with E-state index in [1.54, 1.807) is 0 Å². The summed E-state index contributed by atoms with van der Waals surface area (Å²) >= 11 is 3.48. The van der Waals surface area contributed by atoms with Crippen LogP contribution in [0, 0.1) is 0 Å². The van der Waals surface area contributed by atoms with Gasteiger partial charge in [0.25, 0.3) is 0 Å². The third-order valence-corrected chi connectivity index (χ3v) is 4.08. The van der Waals surface area contributed by atoms with Crippen LogP contribution in [0.4, 0.5) is 11.4 Å². The molecule has 2 aromatic rings. The topological polar surface area (TPSA) is 32.3 Å². The van der Waals surface area contributed by atoms with Gasteiger partial charge in [-0.15, -0.1) is 0 Å². The third-order valence-electron chi connectivity index (χ3n) is 3.59. The fourth-order valence-electron chi connectivity index (χ4n) is 2.55. The molecule has 1 aliphatic rings. The van der Waals surface area contributed by atoms with Gasteiger partial charge in [-0.05, 0) is 30.7 Å². The molecule has 0 radical (unpaired) electrons. The second-order valence-corrected chi connectivity index (χ2v) is 5.78. The molecule has 0 aromatic heterocycles. The number of carbonyl (C=O) groups excluding carboxylic acids is 1. The van der Waals surface area contributed by atoms with Crippen LogP contribution < -0.4 is 10.2 Å². The first-order valence-electron chi connectivity index (χ1n) is 6.57. The van der Waals surface area contributed by atoms with Crippen LogP contribution >= 0.6 is 15.9 Å². The quantitative estimate of drug-likeness (QED) is 0.903. The zero-order valence-electron chi connectivity index (χ0n) is 11.1. The molecule has 4 heteroatoms. The Morgan fingerprint density at radius 1 is 1.20 bits per heavy atom. The monoisotopic (exact) mass is 330 g/mol. The van der Waals surface area contributed by atoms with Crippen molar-refractivity contribution in [2.45, 2.75) is 13.0 Å².